The minimum atomic E-state index is 0.532. The van der Waals surface area contributed by atoms with E-state index < -0.39 is 0 Å². The fourth-order valence-electron chi connectivity index (χ4n) is 2.58. The van der Waals surface area contributed by atoms with E-state index in [-0.39, 0.29) is 0 Å². The molecule has 0 aliphatic carbocycles. The van der Waals surface area contributed by atoms with Crippen LogP contribution in [0.15, 0.2) is 0 Å². The highest BCUT2D eigenvalue weighted by atomic mass is 32.2. The fourth-order valence-corrected chi connectivity index (χ4v) is 3.93. The van der Waals surface area contributed by atoms with Crippen LogP contribution in [0.3, 0.4) is 0 Å². The normalized spacial score (nSPS) is 33.8. The van der Waals surface area contributed by atoms with E-state index >= 15 is 0 Å². The standard InChI is InChI=1S/C12H25N3S/c1-8(2)12-15-10(7-16-12)6-9(3)11-13-4-5-14-11/h8-15H,4-7H2,1-3H3. The smallest absolute Gasteiger partial charge is 0.0599 e. The van der Waals surface area contributed by atoms with Crippen molar-refractivity contribution in [2.75, 3.05) is 18.8 Å². The monoisotopic (exact) mass is 243 g/mol. The second-order valence-corrected chi connectivity index (χ2v) is 6.63. The van der Waals surface area contributed by atoms with Gasteiger partial charge in [-0.1, -0.05) is 20.8 Å². The molecule has 0 aromatic heterocycles. The van der Waals surface area contributed by atoms with Crippen LogP contribution < -0.4 is 16.0 Å². The van der Waals surface area contributed by atoms with Crippen LogP contribution in [0, 0.1) is 11.8 Å². The van der Waals surface area contributed by atoms with E-state index in [1.54, 1.807) is 0 Å². The van der Waals surface area contributed by atoms with Crippen LogP contribution >= 0.6 is 11.8 Å². The first-order chi connectivity index (χ1) is 7.66. The summed E-state index contributed by atoms with van der Waals surface area (Å²) in [6, 6.07) is 0.705. The third-order valence-corrected chi connectivity index (χ3v) is 5.20. The molecule has 3 atom stereocenters. The fraction of sp³-hybridized carbons (Fsp3) is 1.00. The van der Waals surface area contributed by atoms with Crippen LogP contribution in [0.4, 0.5) is 0 Å². The van der Waals surface area contributed by atoms with Crippen LogP contribution in [-0.4, -0.2) is 36.4 Å². The van der Waals surface area contributed by atoms with Crippen molar-refractivity contribution in [2.24, 2.45) is 11.8 Å². The maximum Gasteiger partial charge on any atom is 0.0599 e. The Hall–Kier alpha value is 0.230. The summed E-state index contributed by atoms with van der Waals surface area (Å²) in [6.45, 7) is 9.20. The van der Waals surface area contributed by atoms with Crippen LogP contribution in [0.1, 0.15) is 27.2 Å². The predicted octanol–water partition coefficient (Wildman–Crippen LogP) is 1.22. The van der Waals surface area contributed by atoms with Gasteiger partial charge in [0.15, 0.2) is 0 Å². The molecule has 0 aromatic rings. The average Bonchev–Trinajstić information content (AvgIpc) is 2.87. The van der Waals surface area contributed by atoms with Gasteiger partial charge in [0.2, 0.25) is 0 Å². The van der Waals surface area contributed by atoms with Crippen molar-refractivity contribution in [1.29, 1.82) is 0 Å². The molecule has 3 N–H and O–H groups in total. The van der Waals surface area contributed by atoms with Crippen LogP contribution in [0.2, 0.25) is 0 Å². The molecular weight excluding hydrogens is 218 g/mol. The Kier molecular flexibility index (Phi) is 4.53. The Morgan fingerprint density at radius 1 is 1.19 bits per heavy atom. The average molecular weight is 243 g/mol. The summed E-state index contributed by atoms with van der Waals surface area (Å²) in [7, 11) is 0. The Morgan fingerprint density at radius 3 is 2.44 bits per heavy atom. The summed E-state index contributed by atoms with van der Waals surface area (Å²) in [5, 5.41) is 11.5. The Labute approximate surface area is 104 Å². The van der Waals surface area contributed by atoms with E-state index in [2.05, 4.69) is 48.5 Å². The Morgan fingerprint density at radius 2 is 1.88 bits per heavy atom. The van der Waals surface area contributed by atoms with Gasteiger partial charge in [-0.25, -0.2) is 0 Å². The van der Waals surface area contributed by atoms with Crippen molar-refractivity contribution in [3.63, 3.8) is 0 Å². The summed E-state index contributed by atoms with van der Waals surface area (Å²) in [6.07, 6.45) is 1.81. The zero-order valence-corrected chi connectivity index (χ0v) is 11.4. The highest BCUT2D eigenvalue weighted by Crippen LogP contribution is 2.27. The Balaban J connectivity index is 1.73. The second kappa shape index (κ2) is 5.71. The minimum absolute atomic E-state index is 0.532. The van der Waals surface area contributed by atoms with E-state index in [1.807, 2.05) is 0 Å². The molecule has 0 aromatic carbocycles. The predicted molar refractivity (Wildman–Crippen MR) is 71.6 cm³/mol. The molecule has 2 aliphatic rings. The van der Waals surface area contributed by atoms with Gasteiger partial charge in [-0.2, -0.15) is 0 Å². The molecule has 2 fully saturated rings. The van der Waals surface area contributed by atoms with Crippen LogP contribution in [-0.2, 0) is 0 Å². The first-order valence-corrected chi connectivity index (χ1v) is 7.56. The first kappa shape index (κ1) is 12.7. The maximum atomic E-state index is 3.75. The second-order valence-electron chi connectivity index (χ2n) is 5.46. The van der Waals surface area contributed by atoms with Crippen molar-refractivity contribution in [2.45, 2.75) is 44.8 Å². The van der Waals surface area contributed by atoms with E-state index in [1.165, 1.54) is 12.2 Å². The Bertz CT molecular complexity index is 216. The molecule has 0 saturated carbocycles. The van der Waals surface area contributed by atoms with Gasteiger partial charge >= 0.3 is 0 Å². The number of nitrogens with one attached hydrogen (secondary N) is 3. The third-order valence-electron chi connectivity index (χ3n) is 3.56. The van der Waals surface area contributed by atoms with Gasteiger partial charge in [0.25, 0.3) is 0 Å². The molecular formula is C12H25N3S. The van der Waals surface area contributed by atoms with Gasteiger partial charge in [0, 0.05) is 24.9 Å². The zero-order valence-electron chi connectivity index (χ0n) is 10.6. The van der Waals surface area contributed by atoms with Gasteiger partial charge in [0.1, 0.15) is 0 Å². The SMILES string of the molecule is CC(C)C1NC(CC(C)C2NCCN2)CS1. The molecule has 3 unspecified atom stereocenters. The molecule has 0 radical (unpaired) electrons. The van der Waals surface area contributed by atoms with Crippen molar-refractivity contribution in [3.8, 4) is 0 Å². The van der Waals surface area contributed by atoms with Gasteiger partial charge < -0.3 is 16.0 Å². The summed E-state index contributed by atoms with van der Waals surface area (Å²) >= 11 is 2.09. The molecule has 2 saturated heterocycles. The van der Waals surface area contributed by atoms with Crippen molar-refractivity contribution >= 4 is 11.8 Å². The first-order valence-electron chi connectivity index (χ1n) is 6.51. The third kappa shape index (κ3) is 3.13. The lowest BCUT2D eigenvalue weighted by molar-refractivity contribution is 0.326. The molecule has 2 rings (SSSR count). The maximum absolute atomic E-state index is 3.75. The minimum Gasteiger partial charge on any atom is -0.301 e. The summed E-state index contributed by atoms with van der Waals surface area (Å²) < 4.78 is 0. The zero-order chi connectivity index (χ0) is 11.5. The van der Waals surface area contributed by atoms with Gasteiger partial charge in [0.05, 0.1) is 11.5 Å². The lowest BCUT2D eigenvalue weighted by Crippen LogP contribution is -2.42. The molecule has 16 heavy (non-hydrogen) atoms. The highest BCUT2D eigenvalue weighted by Gasteiger charge is 2.29. The lowest BCUT2D eigenvalue weighted by Gasteiger charge is -2.23. The summed E-state index contributed by atoms with van der Waals surface area (Å²) in [5.41, 5.74) is 0. The molecule has 0 amide bonds. The van der Waals surface area contributed by atoms with Crippen molar-refractivity contribution in [3.05, 3.63) is 0 Å². The van der Waals surface area contributed by atoms with Crippen molar-refractivity contribution < 1.29 is 0 Å². The molecule has 3 nitrogen and oxygen atoms in total. The van der Waals surface area contributed by atoms with E-state index in [9.17, 15) is 0 Å². The quantitative estimate of drug-likeness (QED) is 0.694. The van der Waals surface area contributed by atoms with Gasteiger partial charge in [-0.3, -0.25) is 0 Å². The lowest BCUT2D eigenvalue weighted by atomic mass is 9.99. The van der Waals surface area contributed by atoms with Crippen molar-refractivity contribution in [1.82, 2.24) is 16.0 Å². The van der Waals surface area contributed by atoms with Crippen LogP contribution in [0.5, 0.6) is 0 Å². The van der Waals surface area contributed by atoms with Gasteiger partial charge in [-0.15, -0.1) is 11.8 Å². The highest BCUT2D eigenvalue weighted by molar-refractivity contribution is 8.00. The summed E-state index contributed by atoms with van der Waals surface area (Å²) in [4.78, 5) is 0. The van der Waals surface area contributed by atoms with E-state index in [4.69, 9.17) is 0 Å². The van der Waals surface area contributed by atoms with E-state index in [0.29, 0.717) is 23.5 Å². The topological polar surface area (TPSA) is 36.1 Å². The molecule has 4 heteroatoms. The molecule has 94 valence electrons. The number of rotatable bonds is 4. The summed E-state index contributed by atoms with van der Waals surface area (Å²) in [5.74, 6) is 2.74. The van der Waals surface area contributed by atoms with Gasteiger partial charge in [-0.05, 0) is 18.3 Å². The molecule has 2 heterocycles. The molecule has 0 bridgehead atoms. The number of hydrogen-bond acceptors (Lipinski definition) is 4. The number of hydrogen-bond donors (Lipinski definition) is 3. The van der Waals surface area contributed by atoms with Crippen LogP contribution in [0.25, 0.3) is 0 Å². The largest absolute Gasteiger partial charge is 0.301 e. The van der Waals surface area contributed by atoms with E-state index in [0.717, 1.165) is 19.0 Å². The molecule has 0 spiro atoms. The molecule has 2 aliphatic heterocycles. The number of thioether (sulfide) groups is 1.